The number of rotatable bonds is 5. The molecule has 1 amide bonds. The Kier molecular flexibility index (Phi) is 6.73. The minimum absolute atomic E-state index is 0. The van der Waals surface area contributed by atoms with Gasteiger partial charge in [0, 0.05) is 29.8 Å². The molecule has 22 heavy (non-hydrogen) atoms. The van der Waals surface area contributed by atoms with Crippen molar-refractivity contribution in [3.63, 3.8) is 0 Å². The van der Waals surface area contributed by atoms with Crippen molar-refractivity contribution in [2.45, 2.75) is 25.4 Å². The third kappa shape index (κ3) is 4.40. The third-order valence-corrected chi connectivity index (χ3v) is 3.96. The summed E-state index contributed by atoms with van der Waals surface area (Å²) in [6.45, 7) is 2.33. The van der Waals surface area contributed by atoms with Gasteiger partial charge >= 0.3 is 0 Å². The average Bonchev–Trinajstić information content (AvgIpc) is 2.48. The largest absolute Gasteiger partial charge is 0.366 e. The Labute approximate surface area is 135 Å². The van der Waals surface area contributed by atoms with Gasteiger partial charge in [-0.25, -0.2) is 0 Å². The number of benzene rings is 1. The monoisotopic (exact) mass is 328 g/mol. The Hall–Kier alpha value is -1.70. The van der Waals surface area contributed by atoms with Gasteiger partial charge in [0.15, 0.2) is 0 Å². The van der Waals surface area contributed by atoms with Gasteiger partial charge < -0.3 is 11.1 Å². The summed E-state index contributed by atoms with van der Waals surface area (Å²) in [5.41, 5.74) is 5.91. The maximum absolute atomic E-state index is 11.2. The normalized spacial score (nSPS) is 16.0. The van der Waals surface area contributed by atoms with Crippen LogP contribution in [0.3, 0.4) is 0 Å². The molecular formula is C14H21ClN4O3. The number of nitro benzene ring substituents is 1. The highest BCUT2D eigenvalue weighted by Crippen LogP contribution is 2.23. The topological polar surface area (TPSA) is 102 Å². The second-order valence-electron chi connectivity index (χ2n) is 5.30. The fraction of sp³-hybridized carbons (Fsp3) is 0.500. The number of nitro groups is 1. The van der Waals surface area contributed by atoms with E-state index in [1.165, 1.54) is 6.07 Å². The van der Waals surface area contributed by atoms with Crippen LogP contribution in [0.1, 0.15) is 28.8 Å². The summed E-state index contributed by atoms with van der Waals surface area (Å²) in [6, 6.07) is 4.96. The van der Waals surface area contributed by atoms with Crippen LogP contribution in [0.15, 0.2) is 18.2 Å². The van der Waals surface area contributed by atoms with Crippen LogP contribution in [0.4, 0.5) is 5.69 Å². The summed E-state index contributed by atoms with van der Waals surface area (Å²) in [6.07, 6.45) is 2.06. The SMILES string of the molecule is CNC1CCN(Cc2ccc(C(N)=O)cc2[N+](=O)[O-])CC1.Cl. The Morgan fingerprint density at radius 3 is 2.59 bits per heavy atom. The van der Waals surface area contributed by atoms with E-state index in [-0.39, 0.29) is 23.7 Å². The number of carbonyl (C=O) groups is 1. The molecule has 0 spiro atoms. The molecule has 1 aliphatic heterocycles. The Bertz CT molecular complexity index is 545. The number of halogens is 1. The van der Waals surface area contributed by atoms with Crippen LogP contribution in [-0.4, -0.2) is 41.9 Å². The average molecular weight is 329 g/mol. The molecule has 122 valence electrons. The van der Waals surface area contributed by atoms with E-state index in [0.717, 1.165) is 25.9 Å². The number of likely N-dealkylation sites (tertiary alicyclic amines) is 1. The first-order valence-electron chi connectivity index (χ1n) is 6.98. The molecule has 1 saturated heterocycles. The lowest BCUT2D eigenvalue weighted by molar-refractivity contribution is -0.385. The van der Waals surface area contributed by atoms with Gasteiger partial charge in [0.2, 0.25) is 5.91 Å². The predicted octanol–water partition coefficient (Wildman–Crippen LogP) is 1.30. The Balaban J connectivity index is 0.00000242. The fourth-order valence-electron chi connectivity index (χ4n) is 2.64. The molecule has 8 heteroatoms. The first kappa shape index (κ1) is 18.3. The molecule has 0 radical (unpaired) electrons. The fourth-order valence-corrected chi connectivity index (χ4v) is 2.64. The van der Waals surface area contributed by atoms with E-state index in [1.807, 2.05) is 7.05 Å². The highest BCUT2D eigenvalue weighted by molar-refractivity contribution is 5.93. The maximum atomic E-state index is 11.2. The molecule has 1 aromatic carbocycles. The van der Waals surface area contributed by atoms with Gasteiger partial charge in [0.1, 0.15) is 0 Å². The lowest BCUT2D eigenvalue weighted by Gasteiger charge is -2.31. The highest BCUT2D eigenvalue weighted by Gasteiger charge is 2.22. The third-order valence-electron chi connectivity index (χ3n) is 3.96. The van der Waals surface area contributed by atoms with Gasteiger partial charge in [-0.2, -0.15) is 0 Å². The van der Waals surface area contributed by atoms with Crippen molar-refractivity contribution in [1.29, 1.82) is 0 Å². The summed E-state index contributed by atoms with van der Waals surface area (Å²) in [4.78, 5) is 24.0. The minimum Gasteiger partial charge on any atom is -0.366 e. The molecule has 0 aromatic heterocycles. The van der Waals surface area contributed by atoms with Gasteiger partial charge in [-0.05, 0) is 39.0 Å². The molecule has 0 atom stereocenters. The number of carbonyl (C=O) groups excluding carboxylic acids is 1. The molecule has 7 nitrogen and oxygen atoms in total. The van der Waals surface area contributed by atoms with E-state index in [4.69, 9.17) is 5.73 Å². The molecule has 1 fully saturated rings. The zero-order valence-electron chi connectivity index (χ0n) is 12.4. The molecule has 0 bridgehead atoms. The number of primary amides is 1. The van der Waals surface area contributed by atoms with Crippen molar-refractivity contribution >= 4 is 24.0 Å². The smallest absolute Gasteiger partial charge is 0.274 e. The van der Waals surface area contributed by atoms with Crippen molar-refractivity contribution < 1.29 is 9.72 Å². The zero-order chi connectivity index (χ0) is 15.4. The van der Waals surface area contributed by atoms with E-state index in [2.05, 4.69) is 10.2 Å². The van der Waals surface area contributed by atoms with Gasteiger partial charge in [-0.1, -0.05) is 6.07 Å². The van der Waals surface area contributed by atoms with Crippen molar-refractivity contribution in [2.24, 2.45) is 5.73 Å². The Morgan fingerprint density at radius 2 is 2.09 bits per heavy atom. The van der Waals surface area contributed by atoms with E-state index < -0.39 is 10.8 Å². The van der Waals surface area contributed by atoms with Crippen molar-refractivity contribution in [3.05, 3.63) is 39.4 Å². The zero-order valence-corrected chi connectivity index (χ0v) is 13.3. The molecule has 3 N–H and O–H groups in total. The molecule has 1 heterocycles. The number of hydrogen-bond donors (Lipinski definition) is 2. The van der Waals surface area contributed by atoms with Gasteiger partial charge in [-0.3, -0.25) is 19.8 Å². The lowest BCUT2D eigenvalue weighted by atomic mass is 10.0. The lowest BCUT2D eigenvalue weighted by Crippen LogP contribution is -2.40. The first-order valence-corrected chi connectivity index (χ1v) is 6.98. The minimum atomic E-state index is -0.653. The van der Waals surface area contributed by atoms with E-state index in [0.29, 0.717) is 18.2 Å². The van der Waals surface area contributed by atoms with Crippen LogP contribution in [0.5, 0.6) is 0 Å². The molecule has 0 aliphatic carbocycles. The summed E-state index contributed by atoms with van der Waals surface area (Å²) < 4.78 is 0. The van der Waals surface area contributed by atoms with Crippen LogP contribution in [0.2, 0.25) is 0 Å². The first-order chi connectivity index (χ1) is 10.0. The molecule has 0 unspecified atom stereocenters. The number of nitrogens with one attached hydrogen (secondary N) is 1. The number of nitrogens with two attached hydrogens (primary N) is 1. The molecular weight excluding hydrogens is 308 g/mol. The molecule has 0 saturated carbocycles. The van der Waals surface area contributed by atoms with Gasteiger partial charge in [0.25, 0.3) is 5.69 Å². The molecule has 1 aliphatic rings. The second-order valence-corrected chi connectivity index (χ2v) is 5.30. The maximum Gasteiger partial charge on any atom is 0.274 e. The number of piperidine rings is 1. The van der Waals surface area contributed by atoms with Crippen LogP contribution >= 0.6 is 12.4 Å². The number of hydrogen-bond acceptors (Lipinski definition) is 5. The molecule has 2 rings (SSSR count). The van der Waals surface area contributed by atoms with Crippen LogP contribution < -0.4 is 11.1 Å². The summed E-state index contributed by atoms with van der Waals surface area (Å²) >= 11 is 0. The summed E-state index contributed by atoms with van der Waals surface area (Å²) in [5.74, 6) is -0.653. The summed E-state index contributed by atoms with van der Waals surface area (Å²) in [5, 5.41) is 14.4. The van der Waals surface area contributed by atoms with Crippen LogP contribution in [0.25, 0.3) is 0 Å². The van der Waals surface area contributed by atoms with E-state index in [1.54, 1.807) is 12.1 Å². The predicted molar refractivity (Wildman–Crippen MR) is 86.2 cm³/mol. The second kappa shape index (κ2) is 8.07. The number of amides is 1. The van der Waals surface area contributed by atoms with Crippen molar-refractivity contribution in [1.82, 2.24) is 10.2 Å². The van der Waals surface area contributed by atoms with Crippen molar-refractivity contribution in [3.8, 4) is 0 Å². The van der Waals surface area contributed by atoms with Crippen LogP contribution in [-0.2, 0) is 6.54 Å². The van der Waals surface area contributed by atoms with E-state index in [9.17, 15) is 14.9 Å². The van der Waals surface area contributed by atoms with Gasteiger partial charge in [0.05, 0.1) is 4.92 Å². The van der Waals surface area contributed by atoms with Crippen molar-refractivity contribution in [2.75, 3.05) is 20.1 Å². The molecule has 1 aromatic rings. The highest BCUT2D eigenvalue weighted by atomic mass is 35.5. The quantitative estimate of drug-likeness (QED) is 0.626. The van der Waals surface area contributed by atoms with Crippen LogP contribution in [0, 0.1) is 10.1 Å². The number of nitrogens with zero attached hydrogens (tertiary/aromatic N) is 2. The Morgan fingerprint density at radius 1 is 1.45 bits per heavy atom. The standard InChI is InChI=1S/C14H20N4O3.ClH/c1-16-12-4-6-17(7-5-12)9-11-3-2-10(14(15)19)8-13(11)18(20)21;/h2-3,8,12,16H,4-7,9H2,1H3,(H2,15,19);1H. The summed E-state index contributed by atoms with van der Waals surface area (Å²) in [7, 11) is 1.95. The van der Waals surface area contributed by atoms with Gasteiger partial charge in [-0.15, -0.1) is 12.4 Å². The van der Waals surface area contributed by atoms with E-state index >= 15 is 0 Å².